The molecule has 0 aliphatic heterocycles. The topological polar surface area (TPSA) is 49.2 Å². The number of hydrogen-bond donors (Lipinski definition) is 0. The molecule has 0 bridgehead atoms. The predicted octanol–water partition coefficient (Wildman–Crippen LogP) is 7.60. The van der Waals surface area contributed by atoms with Crippen molar-refractivity contribution < 1.29 is 9.47 Å². The molecular formula is C29H26BrN3O2. The minimum atomic E-state index is 0.204. The molecule has 0 amide bonds. The molecule has 2 aromatic heterocycles. The van der Waals surface area contributed by atoms with Crippen molar-refractivity contribution in [3.63, 3.8) is 0 Å². The summed E-state index contributed by atoms with van der Waals surface area (Å²) in [5.41, 5.74) is 4.88. The first-order valence-electron chi connectivity index (χ1n) is 11.6. The van der Waals surface area contributed by atoms with Gasteiger partial charge in [-0.05, 0) is 49.2 Å². The molecule has 0 aliphatic carbocycles. The number of ether oxygens (including phenoxy) is 2. The lowest BCUT2D eigenvalue weighted by Gasteiger charge is -2.12. The van der Waals surface area contributed by atoms with Crippen molar-refractivity contribution in [3.05, 3.63) is 107 Å². The van der Waals surface area contributed by atoms with Crippen molar-refractivity contribution in [1.82, 2.24) is 14.8 Å². The van der Waals surface area contributed by atoms with Gasteiger partial charge in [-0.2, -0.15) is 10.1 Å². The number of benzene rings is 3. The van der Waals surface area contributed by atoms with E-state index in [2.05, 4.69) is 41.9 Å². The highest BCUT2D eigenvalue weighted by Crippen LogP contribution is 2.37. The number of fused-ring (bicyclic) bond motifs is 1. The fourth-order valence-electron chi connectivity index (χ4n) is 3.95. The fourth-order valence-corrected chi connectivity index (χ4v) is 4.30. The van der Waals surface area contributed by atoms with E-state index in [1.165, 1.54) is 0 Å². The summed E-state index contributed by atoms with van der Waals surface area (Å²) in [6, 6.07) is 30.4. The summed E-state index contributed by atoms with van der Waals surface area (Å²) in [5, 5.41) is 6.02. The van der Waals surface area contributed by atoms with E-state index in [4.69, 9.17) is 19.6 Å². The van der Waals surface area contributed by atoms with E-state index >= 15 is 0 Å². The number of nitrogens with zero attached hydrogens (tertiary/aromatic N) is 3. The average Bonchev–Trinajstić information content (AvgIpc) is 3.26. The van der Waals surface area contributed by atoms with Crippen LogP contribution in [0.3, 0.4) is 0 Å². The van der Waals surface area contributed by atoms with Crippen molar-refractivity contribution in [2.24, 2.45) is 0 Å². The van der Waals surface area contributed by atoms with Gasteiger partial charge in [0.15, 0.2) is 0 Å². The molecule has 5 aromatic rings. The lowest BCUT2D eigenvalue weighted by molar-refractivity contribution is 0.268. The predicted molar refractivity (Wildman–Crippen MR) is 143 cm³/mol. The number of hydrogen-bond acceptors (Lipinski definition) is 4. The van der Waals surface area contributed by atoms with Crippen LogP contribution >= 0.6 is 15.9 Å². The van der Waals surface area contributed by atoms with Crippen LogP contribution in [0.25, 0.3) is 22.2 Å². The Morgan fingerprint density at radius 3 is 2.11 bits per heavy atom. The summed E-state index contributed by atoms with van der Waals surface area (Å²) in [5.74, 6) is 1.01. The van der Waals surface area contributed by atoms with Gasteiger partial charge in [0.2, 0.25) is 11.8 Å². The molecule has 35 heavy (non-hydrogen) atoms. The molecule has 0 aliphatic rings. The first-order chi connectivity index (χ1) is 17.1. The quantitative estimate of drug-likeness (QED) is 0.208. The van der Waals surface area contributed by atoms with Gasteiger partial charge in [0.1, 0.15) is 18.9 Å². The van der Waals surface area contributed by atoms with Crippen LogP contribution in [0, 0.1) is 0 Å². The van der Waals surface area contributed by atoms with Crippen LogP contribution in [0.15, 0.2) is 95.5 Å². The summed E-state index contributed by atoms with van der Waals surface area (Å²) in [6.45, 7) is 5.09. The molecule has 0 radical (unpaired) electrons. The molecule has 0 saturated carbocycles. The molecule has 5 nitrogen and oxygen atoms in total. The maximum Gasteiger partial charge on any atom is 0.226 e. The van der Waals surface area contributed by atoms with Gasteiger partial charge in [0.25, 0.3) is 0 Å². The normalized spacial score (nSPS) is 11.2. The van der Waals surface area contributed by atoms with E-state index < -0.39 is 0 Å². The van der Waals surface area contributed by atoms with Crippen LogP contribution in [0.4, 0.5) is 0 Å². The minimum Gasteiger partial charge on any atom is -0.473 e. The van der Waals surface area contributed by atoms with E-state index in [1.807, 2.05) is 83.5 Å². The third-order valence-electron chi connectivity index (χ3n) is 5.70. The summed E-state index contributed by atoms with van der Waals surface area (Å²) < 4.78 is 15.3. The van der Waals surface area contributed by atoms with Crippen LogP contribution < -0.4 is 9.47 Å². The summed E-state index contributed by atoms with van der Waals surface area (Å²) >= 11 is 3.60. The summed E-state index contributed by atoms with van der Waals surface area (Å²) in [4.78, 5) is 4.75. The first kappa shape index (κ1) is 23.1. The Labute approximate surface area is 213 Å². The molecule has 0 atom stereocenters. The smallest absolute Gasteiger partial charge is 0.226 e. The number of rotatable bonds is 8. The molecule has 0 fully saturated rings. The van der Waals surface area contributed by atoms with Gasteiger partial charge in [0, 0.05) is 22.0 Å². The molecule has 0 unspecified atom stereocenters. The standard InChI is InChI=1S/C29H26BrN3O2/c1-20(2)33-26-17-23(30)13-14-24(26)28(32-33)25-15-16-27(34-18-21-9-5-3-6-10-21)31-29(25)35-19-22-11-7-4-8-12-22/h3-17,20H,18-19H2,1-2H3. The molecule has 0 N–H and O–H groups in total. The lowest BCUT2D eigenvalue weighted by atomic mass is 10.1. The zero-order valence-electron chi connectivity index (χ0n) is 19.7. The third kappa shape index (κ3) is 5.23. The Balaban J connectivity index is 1.54. The van der Waals surface area contributed by atoms with Gasteiger partial charge >= 0.3 is 0 Å². The molecule has 0 saturated heterocycles. The van der Waals surface area contributed by atoms with E-state index in [-0.39, 0.29) is 6.04 Å². The second kappa shape index (κ2) is 10.3. The van der Waals surface area contributed by atoms with E-state index in [9.17, 15) is 0 Å². The second-order valence-corrected chi connectivity index (χ2v) is 9.51. The van der Waals surface area contributed by atoms with Crippen molar-refractivity contribution in [2.45, 2.75) is 33.1 Å². The highest BCUT2D eigenvalue weighted by atomic mass is 79.9. The Morgan fingerprint density at radius 1 is 0.800 bits per heavy atom. The maximum absolute atomic E-state index is 6.26. The Morgan fingerprint density at radius 2 is 1.46 bits per heavy atom. The van der Waals surface area contributed by atoms with Crippen LogP contribution in [-0.2, 0) is 13.2 Å². The fraction of sp³-hybridized carbons (Fsp3) is 0.172. The maximum atomic E-state index is 6.26. The SMILES string of the molecule is CC(C)n1nc(-c2ccc(OCc3ccccc3)nc2OCc2ccccc2)c2ccc(Br)cc21. The van der Waals surface area contributed by atoms with Crippen LogP contribution in [-0.4, -0.2) is 14.8 Å². The Hall–Kier alpha value is -3.64. The molecule has 176 valence electrons. The molecule has 6 heteroatoms. The van der Waals surface area contributed by atoms with Gasteiger partial charge < -0.3 is 9.47 Å². The number of aromatic nitrogens is 3. The largest absolute Gasteiger partial charge is 0.473 e. The van der Waals surface area contributed by atoms with Crippen LogP contribution in [0.1, 0.15) is 31.0 Å². The zero-order valence-corrected chi connectivity index (χ0v) is 21.3. The van der Waals surface area contributed by atoms with Crippen molar-refractivity contribution in [3.8, 4) is 23.0 Å². The monoisotopic (exact) mass is 527 g/mol. The van der Waals surface area contributed by atoms with Gasteiger partial charge in [-0.3, -0.25) is 4.68 Å². The van der Waals surface area contributed by atoms with Crippen molar-refractivity contribution >= 4 is 26.8 Å². The lowest BCUT2D eigenvalue weighted by Crippen LogP contribution is -2.04. The highest BCUT2D eigenvalue weighted by Gasteiger charge is 2.20. The average molecular weight is 528 g/mol. The summed E-state index contributed by atoms with van der Waals surface area (Å²) in [7, 11) is 0. The van der Waals surface area contributed by atoms with E-state index in [1.54, 1.807) is 0 Å². The van der Waals surface area contributed by atoms with E-state index in [0.717, 1.165) is 37.8 Å². The second-order valence-electron chi connectivity index (χ2n) is 8.60. The van der Waals surface area contributed by atoms with E-state index in [0.29, 0.717) is 25.0 Å². The van der Waals surface area contributed by atoms with Gasteiger partial charge in [-0.15, -0.1) is 0 Å². The number of pyridine rings is 1. The summed E-state index contributed by atoms with van der Waals surface area (Å²) in [6.07, 6.45) is 0. The molecule has 0 spiro atoms. The molecular weight excluding hydrogens is 502 g/mol. The zero-order chi connectivity index (χ0) is 24.2. The van der Waals surface area contributed by atoms with Crippen LogP contribution in [0.2, 0.25) is 0 Å². The van der Waals surface area contributed by atoms with Gasteiger partial charge in [-0.1, -0.05) is 76.6 Å². The van der Waals surface area contributed by atoms with Crippen LogP contribution in [0.5, 0.6) is 11.8 Å². The molecule has 5 rings (SSSR count). The third-order valence-corrected chi connectivity index (χ3v) is 6.19. The highest BCUT2D eigenvalue weighted by molar-refractivity contribution is 9.10. The van der Waals surface area contributed by atoms with Gasteiger partial charge in [0.05, 0.1) is 11.1 Å². The Bertz CT molecular complexity index is 1430. The minimum absolute atomic E-state index is 0.204. The Kier molecular flexibility index (Phi) is 6.82. The molecule has 2 heterocycles. The van der Waals surface area contributed by atoms with Crippen molar-refractivity contribution in [2.75, 3.05) is 0 Å². The van der Waals surface area contributed by atoms with Gasteiger partial charge in [-0.25, -0.2) is 0 Å². The molecule has 3 aromatic carbocycles. The number of halogens is 1. The van der Waals surface area contributed by atoms with Crippen molar-refractivity contribution in [1.29, 1.82) is 0 Å². The first-order valence-corrected chi connectivity index (χ1v) is 12.4.